The molecule has 2 bridgehead atoms. The minimum atomic E-state index is -0.312. The normalized spacial score (nSPS) is 45.0. The number of hydrogen-bond donors (Lipinski definition) is 0. The molecule has 1 saturated heterocycles. The Bertz CT molecular complexity index is 373. The highest BCUT2D eigenvalue weighted by Gasteiger charge is 2.68. The van der Waals surface area contributed by atoms with E-state index in [0.29, 0.717) is 17.3 Å². The highest BCUT2D eigenvalue weighted by molar-refractivity contribution is 6.47. The zero-order valence-corrected chi connectivity index (χ0v) is 12.9. The van der Waals surface area contributed by atoms with Gasteiger partial charge in [0.1, 0.15) is 0 Å². The molecule has 107 valence electrons. The van der Waals surface area contributed by atoms with Gasteiger partial charge in [0.2, 0.25) is 0 Å². The zero-order valence-electron chi connectivity index (χ0n) is 12.9. The lowest BCUT2D eigenvalue weighted by molar-refractivity contribution is -0.199. The molecule has 3 saturated carbocycles. The predicted molar refractivity (Wildman–Crippen MR) is 76.5 cm³/mol. The summed E-state index contributed by atoms with van der Waals surface area (Å²) in [4.78, 5) is 0. The summed E-state index contributed by atoms with van der Waals surface area (Å²) in [6.07, 6.45) is 3.47. The van der Waals surface area contributed by atoms with Crippen molar-refractivity contribution in [1.29, 1.82) is 0 Å². The maximum Gasteiger partial charge on any atom is 0.477 e. The number of hydrogen-bond acceptors (Lipinski definition) is 2. The standard InChI is InChI=1S/C15H27BNO2/c1-9(2)6-13(17)16-18-12-8-10-7-11(14(10,3)4)15(12,5)19-16/h9-13,17H,6-8H2,1-5H3/t10-,11-,12+,13-,15-/m0/s1. The summed E-state index contributed by atoms with van der Waals surface area (Å²) < 4.78 is 12.4. The van der Waals surface area contributed by atoms with Gasteiger partial charge in [0.05, 0.1) is 17.6 Å². The second-order valence-corrected chi connectivity index (χ2v) is 8.07. The van der Waals surface area contributed by atoms with Crippen LogP contribution in [0.1, 0.15) is 53.9 Å². The van der Waals surface area contributed by atoms with Crippen LogP contribution in [0.3, 0.4) is 0 Å². The van der Waals surface area contributed by atoms with Gasteiger partial charge >= 0.3 is 7.12 Å². The van der Waals surface area contributed by atoms with Crippen LogP contribution < -0.4 is 5.73 Å². The maximum absolute atomic E-state index is 8.27. The summed E-state index contributed by atoms with van der Waals surface area (Å²) in [6.45, 7) is 11.3. The Hall–Kier alpha value is -0.0551. The van der Waals surface area contributed by atoms with Crippen molar-refractivity contribution in [2.75, 3.05) is 0 Å². The quantitative estimate of drug-likeness (QED) is 0.735. The van der Waals surface area contributed by atoms with Crippen molar-refractivity contribution < 1.29 is 9.31 Å². The molecule has 0 amide bonds. The molecule has 0 spiro atoms. The Morgan fingerprint density at radius 2 is 1.95 bits per heavy atom. The highest BCUT2D eigenvalue weighted by atomic mass is 16.7. The molecular formula is C15H27BNO2. The van der Waals surface area contributed by atoms with Crippen molar-refractivity contribution in [3.8, 4) is 0 Å². The second kappa shape index (κ2) is 4.22. The molecule has 0 unspecified atom stereocenters. The van der Waals surface area contributed by atoms with Crippen molar-refractivity contribution in [1.82, 2.24) is 5.73 Å². The van der Waals surface area contributed by atoms with E-state index < -0.39 is 0 Å². The molecule has 1 radical (unpaired) electrons. The maximum atomic E-state index is 8.27. The highest BCUT2D eigenvalue weighted by Crippen LogP contribution is 2.65. The first-order valence-electron chi connectivity index (χ1n) is 7.79. The van der Waals surface area contributed by atoms with Crippen LogP contribution in [0, 0.1) is 23.2 Å². The Morgan fingerprint density at radius 1 is 1.26 bits per heavy atom. The van der Waals surface area contributed by atoms with Crippen LogP contribution in [-0.2, 0) is 9.31 Å². The Morgan fingerprint density at radius 3 is 2.53 bits per heavy atom. The average Bonchev–Trinajstić information content (AvgIpc) is 2.64. The summed E-state index contributed by atoms with van der Waals surface area (Å²) >= 11 is 0. The van der Waals surface area contributed by atoms with E-state index in [4.69, 9.17) is 15.0 Å². The molecule has 1 heterocycles. The molecule has 19 heavy (non-hydrogen) atoms. The van der Waals surface area contributed by atoms with Crippen molar-refractivity contribution in [3.05, 3.63) is 0 Å². The summed E-state index contributed by atoms with van der Waals surface area (Å²) in [7, 11) is -0.312. The predicted octanol–water partition coefficient (Wildman–Crippen LogP) is 2.95. The van der Waals surface area contributed by atoms with Crippen LogP contribution in [0.4, 0.5) is 0 Å². The second-order valence-electron chi connectivity index (χ2n) is 8.07. The minimum absolute atomic E-state index is 0.154. The monoisotopic (exact) mass is 264 g/mol. The van der Waals surface area contributed by atoms with Crippen molar-refractivity contribution in [2.45, 2.75) is 71.5 Å². The van der Waals surface area contributed by atoms with Gasteiger partial charge in [0.25, 0.3) is 0 Å². The lowest BCUT2D eigenvalue weighted by Gasteiger charge is -2.64. The van der Waals surface area contributed by atoms with E-state index in [1.54, 1.807) is 0 Å². The molecule has 0 aromatic heterocycles. The van der Waals surface area contributed by atoms with Crippen LogP contribution in [0.2, 0.25) is 0 Å². The molecule has 5 atom stereocenters. The van der Waals surface area contributed by atoms with Gasteiger partial charge in [-0.25, -0.2) is 0 Å². The van der Waals surface area contributed by atoms with Crippen LogP contribution >= 0.6 is 0 Å². The fraction of sp³-hybridized carbons (Fsp3) is 1.00. The largest absolute Gasteiger partial charge is 0.477 e. The van der Waals surface area contributed by atoms with Gasteiger partial charge in [0.15, 0.2) is 0 Å². The number of rotatable bonds is 3. The van der Waals surface area contributed by atoms with Gasteiger partial charge in [0, 0.05) is 0 Å². The molecule has 0 aromatic carbocycles. The van der Waals surface area contributed by atoms with Gasteiger partial charge < -0.3 is 9.31 Å². The van der Waals surface area contributed by atoms with E-state index in [-0.39, 0.29) is 24.8 Å². The SMILES string of the molecule is CC(C)C[C@H]([NH])B1O[C@@H]2C[C@@H]3C[C@@H](C3(C)C)[C@]2(C)O1. The van der Waals surface area contributed by atoms with Crippen molar-refractivity contribution in [3.63, 3.8) is 0 Å². The topological polar surface area (TPSA) is 42.3 Å². The van der Waals surface area contributed by atoms with Gasteiger partial charge in [-0.2, -0.15) is 0 Å². The van der Waals surface area contributed by atoms with E-state index in [2.05, 4.69) is 34.6 Å². The molecule has 0 aromatic rings. The Kier molecular flexibility index (Phi) is 3.09. The molecule has 3 aliphatic carbocycles. The molecule has 1 aliphatic heterocycles. The third-order valence-corrected chi connectivity index (χ3v) is 6.02. The first kappa shape index (κ1) is 13.9. The van der Waals surface area contributed by atoms with E-state index in [1.165, 1.54) is 6.42 Å². The molecular weight excluding hydrogens is 237 g/mol. The summed E-state index contributed by atoms with van der Waals surface area (Å²) in [5, 5.41) is 0. The van der Waals surface area contributed by atoms with Gasteiger partial charge in [-0.05, 0) is 49.4 Å². The third-order valence-electron chi connectivity index (χ3n) is 6.02. The smallest absolute Gasteiger partial charge is 0.404 e. The molecule has 4 aliphatic rings. The van der Waals surface area contributed by atoms with E-state index >= 15 is 0 Å². The summed E-state index contributed by atoms with van der Waals surface area (Å²) in [5.74, 6) is 1.66. The molecule has 4 heteroatoms. The molecule has 3 nitrogen and oxygen atoms in total. The van der Waals surface area contributed by atoms with E-state index in [0.717, 1.165) is 18.8 Å². The van der Waals surface area contributed by atoms with Crippen LogP contribution in [0.5, 0.6) is 0 Å². The minimum Gasteiger partial charge on any atom is -0.404 e. The van der Waals surface area contributed by atoms with Crippen molar-refractivity contribution in [2.24, 2.45) is 23.2 Å². The van der Waals surface area contributed by atoms with Crippen molar-refractivity contribution >= 4 is 7.12 Å². The first-order valence-corrected chi connectivity index (χ1v) is 7.79. The fourth-order valence-corrected chi connectivity index (χ4v) is 4.69. The van der Waals surface area contributed by atoms with Gasteiger partial charge in [-0.1, -0.05) is 27.7 Å². The Labute approximate surface area is 117 Å². The summed E-state index contributed by atoms with van der Waals surface area (Å²) in [6, 6.07) is 0. The summed E-state index contributed by atoms with van der Waals surface area (Å²) in [5.41, 5.74) is 8.50. The lowest BCUT2D eigenvalue weighted by Crippen LogP contribution is -2.65. The zero-order chi connectivity index (χ0) is 14.0. The van der Waals surface area contributed by atoms with Crippen LogP contribution in [0.15, 0.2) is 0 Å². The number of nitrogens with one attached hydrogen (secondary N) is 1. The van der Waals surface area contributed by atoms with Gasteiger partial charge in [-0.3, -0.25) is 5.73 Å². The molecule has 4 fully saturated rings. The average molecular weight is 264 g/mol. The van der Waals surface area contributed by atoms with Gasteiger partial charge in [-0.15, -0.1) is 0 Å². The van der Waals surface area contributed by atoms with E-state index in [1.807, 2.05) is 0 Å². The molecule has 4 rings (SSSR count). The lowest BCUT2D eigenvalue weighted by atomic mass is 9.43. The Balaban J connectivity index is 1.74. The van der Waals surface area contributed by atoms with Crippen LogP contribution in [-0.4, -0.2) is 24.8 Å². The fourth-order valence-electron chi connectivity index (χ4n) is 4.69. The molecule has 1 N–H and O–H groups in total. The third kappa shape index (κ3) is 1.90. The van der Waals surface area contributed by atoms with Crippen LogP contribution in [0.25, 0.3) is 0 Å². The first-order chi connectivity index (χ1) is 8.75. The van der Waals surface area contributed by atoms with E-state index in [9.17, 15) is 0 Å².